The highest BCUT2D eigenvalue weighted by Crippen LogP contribution is 2.20. The molecule has 0 unspecified atom stereocenters. The zero-order chi connectivity index (χ0) is 14.8. The Kier molecular flexibility index (Phi) is 3.56. The molecule has 1 aromatic carbocycles. The molecule has 0 aliphatic heterocycles. The number of hydrogen-bond donors (Lipinski definition) is 2. The van der Waals surface area contributed by atoms with Crippen molar-refractivity contribution in [1.82, 2.24) is 15.3 Å². The molecule has 5 heteroatoms. The van der Waals surface area contributed by atoms with E-state index in [1.54, 1.807) is 6.07 Å². The lowest BCUT2D eigenvalue weighted by Crippen LogP contribution is -2.26. The third-order valence-electron chi connectivity index (χ3n) is 3.59. The molecular formula is C16H18N4O. The van der Waals surface area contributed by atoms with Gasteiger partial charge >= 0.3 is 0 Å². The van der Waals surface area contributed by atoms with Gasteiger partial charge in [0.15, 0.2) is 0 Å². The number of amides is 1. The Labute approximate surface area is 123 Å². The summed E-state index contributed by atoms with van der Waals surface area (Å²) in [6.07, 6.45) is 3.53. The van der Waals surface area contributed by atoms with Crippen LogP contribution in [0, 0.1) is 13.8 Å². The van der Waals surface area contributed by atoms with E-state index in [1.165, 1.54) is 17.5 Å². The van der Waals surface area contributed by atoms with E-state index in [0.717, 1.165) is 18.5 Å². The second kappa shape index (κ2) is 5.52. The van der Waals surface area contributed by atoms with Gasteiger partial charge < -0.3 is 10.6 Å². The quantitative estimate of drug-likeness (QED) is 0.905. The topological polar surface area (TPSA) is 66.9 Å². The summed E-state index contributed by atoms with van der Waals surface area (Å²) in [5, 5.41) is 6.13. The minimum Gasteiger partial charge on any atom is -0.348 e. The second-order valence-electron chi connectivity index (χ2n) is 5.46. The molecule has 0 bridgehead atoms. The third kappa shape index (κ3) is 3.37. The van der Waals surface area contributed by atoms with Gasteiger partial charge in [-0.25, -0.2) is 9.97 Å². The predicted octanol–water partition coefficient (Wildman–Crippen LogP) is 2.73. The van der Waals surface area contributed by atoms with Crippen LogP contribution in [-0.4, -0.2) is 21.9 Å². The molecule has 1 aromatic heterocycles. The minimum atomic E-state index is -0.136. The van der Waals surface area contributed by atoms with Crippen LogP contribution < -0.4 is 10.6 Å². The maximum absolute atomic E-state index is 12.0. The summed E-state index contributed by atoms with van der Waals surface area (Å²) in [6, 6.07) is 8.10. The fraction of sp³-hybridized carbons (Fsp3) is 0.312. The summed E-state index contributed by atoms with van der Waals surface area (Å²) < 4.78 is 0. The van der Waals surface area contributed by atoms with Crippen LogP contribution in [0.2, 0.25) is 0 Å². The number of aromatic nitrogens is 2. The molecule has 0 radical (unpaired) electrons. The average molecular weight is 282 g/mol. The lowest BCUT2D eigenvalue weighted by molar-refractivity contribution is 0.0946. The van der Waals surface area contributed by atoms with Gasteiger partial charge in [0.25, 0.3) is 5.91 Å². The molecule has 1 saturated carbocycles. The summed E-state index contributed by atoms with van der Waals surface area (Å²) in [5.74, 6) is 0.484. The van der Waals surface area contributed by atoms with Gasteiger partial charge in [-0.2, -0.15) is 0 Å². The number of anilines is 2. The first kappa shape index (κ1) is 13.5. The Morgan fingerprint density at radius 3 is 2.67 bits per heavy atom. The van der Waals surface area contributed by atoms with E-state index in [-0.39, 0.29) is 5.91 Å². The van der Waals surface area contributed by atoms with Gasteiger partial charge in [-0.05, 0) is 49.9 Å². The fourth-order valence-corrected chi connectivity index (χ4v) is 2.00. The summed E-state index contributed by atoms with van der Waals surface area (Å²) in [6.45, 7) is 4.14. The van der Waals surface area contributed by atoms with E-state index in [9.17, 15) is 4.79 Å². The van der Waals surface area contributed by atoms with Crippen molar-refractivity contribution in [3.05, 3.63) is 47.4 Å². The minimum absolute atomic E-state index is 0.136. The van der Waals surface area contributed by atoms with Gasteiger partial charge in [-0.3, -0.25) is 4.79 Å². The van der Waals surface area contributed by atoms with Crippen molar-refractivity contribution < 1.29 is 4.79 Å². The molecule has 0 atom stereocenters. The predicted molar refractivity (Wildman–Crippen MR) is 81.7 cm³/mol. The van der Waals surface area contributed by atoms with Gasteiger partial charge in [0.2, 0.25) is 0 Å². The standard InChI is InChI=1S/C16H18N4O/c1-10-3-4-13(7-11(10)2)19-15-8-14(17-9-18-15)16(21)20-12-5-6-12/h3-4,7-9,12H,5-6H2,1-2H3,(H,20,21)(H,17,18,19). The number of benzene rings is 1. The number of carbonyl (C=O) groups is 1. The van der Waals surface area contributed by atoms with E-state index >= 15 is 0 Å². The summed E-state index contributed by atoms with van der Waals surface area (Å²) in [4.78, 5) is 20.2. The molecular weight excluding hydrogens is 264 g/mol. The molecule has 21 heavy (non-hydrogen) atoms. The molecule has 1 heterocycles. The smallest absolute Gasteiger partial charge is 0.270 e. The zero-order valence-electron chi connectivity index (χ0n) is 12.2. The molecule has 2 N–H and O–H groups in total. The van der Waals surface area contributed by atoms with Crippen molar-refractivity contribution >= 4 is 17.4 Å². The first-order chi connectivity index (χ1) is 10.1. The molecule has 108 valence electrons. The average Bonchev–Trinajstić information content (AvgIpc) is 3.27. The fourth-order valence-electron chi connectivity index (χ4n) is 2.00. The van der Waals surface area contributed by atoms with Crippen LogP contribution in [0.4, 0.5) is 11.5 Å². The number of rotatable bonds is 4. The van der Waals surface area contributed by atoms with Crippen molar-refractivity contribution in [2.24, 2.45) is 0 Å². The van der Waals surface area contributed by atoms with Crippen LogP contribution in [-0.2, 0) is 0 Å². The van der Waals surface area contributed by atoms with Crippen molar-refractivity contribution in [2.75, 3.05) is 5.32 Å². The van der Waals surface area contributed by atoms with E-state index < -0.39 is 0 Å². The van der Waals surface area contributed by atoms with Crippen LogP contribution in [0.5, 0.6) is 0 Å². The first-order valence-electron chi connectivity index (χ1n) is 7.09. The van der Waals surface area contributed by atoms with Gasteiger partial charge in [-0.15, -0.1) is 0 Å². The van der Waals surface area contributed by atoms with Crippen LogP contribution in [0.1, 0.15) is 34.5 Å². The summed E-state index contributed by atoms with van der Waals surface area (Å²) >= 11 is 0. The largest absolute Gasteiger partial charge is 0.348 e. The zero-order valence-corrected chi connectivity index (χ0v) is 12.2. The summed E-state index contributed by atoms with van der Waals surface area (Å²) in [5.41, 5.74) is 3.79. The van der Waals surface area contributed by atoms with Gasteiger partial charge in [0, 0.05) is 17.8 Å². The normalized spacial score (nSPS) is 13.8. The molecule has 1 amide bonds. The SMILES string of the molecule is Cc1ccc(Nc2cc(C(=O)NC3CC3)ncn2)cc1C. The Morgan fingerprint density at radius 2 is 1.95 bits per heavy atom. The Hall–Kier alpha value is -2.43. The van der Waals surface area contributed by atoms with Crippen molar-refractivity contribution in [3.63, 3.8) is 0 Å². The molecule has 2 aromatic rings. The Bertz CT molecular complexity index is 680. The molecule has 1 aliphatic rings. The van der Waals surface area contributed by atoms with Crippen molar-refractivity contribution in [3.8, 4) is 0 Å². The third-order valence-corrected chi connectivity index (χ3v) is 3.59. The number of carbonyl (C=O) groups excluding carboxylic acids is 1. The lowest BCUT2D eigenvalue weighted by Gasteiger charge is -2.09. The maximum Gasteiger partial charge on any atom is 0.270 e. The monoisotopic (exact) mass is 282 g/mol. The molecule has 1 aliphatic carbocycles. The van der Waals surface area contributed by atoms with Gasteiger partial charge in [0.05, 0.1) is 0 Å². The van der Waals surface area contributed by atoms with Crippen LogP contribution >= 0.6 is 0 Å². The molecule has 3 rings (SSSR count). The van der Waals surface area contributed by atoms with Gasteiger partial charge in [0.1, 0.15) is 17.8 Å². The second-order valence-corrected chi connectivity index (χ2v) is 5.46. The van der Waals surface area contributed by atoms with Crippen molar-refractivity contribution in [2.45, 2.75) is 32.7 Å². The van der Waals surface area contributed by atoms with Crippen LogP contribution in [0.3, 0.4) is 0 Å². The Balaban J connectivity index is 1.75. The Morgan fingerprint density at radius 1 is 1.14 bits per heavy atom. The highest BCUT2D eigenvalue weighted by molar-refractivity contribution is 5.93. The van der Waals surface area contributed by atoms with Crippen LogP contribution in [0.15, 0.2) is 30.6 Å². The maximum atomic E-state index is 12.0. The van der Waals surface area contributed by atoms with Crippen LogP contribution in [0.25, 0.3) is 0 Å². The van der Waals surface area contributed by atoms with E-state index in [2.05, 4.69) is 46.6 Å². The highest BCUT2D eigenvalue weighted by atomic mass is 16.2. The summed E-state index contributed by atoms with van der Waals surface area (Å²) in [7, 11) is 0. The van der Waals surface area contributed by atoms with Gasteiger partial charge in [-0.1, -0.05) is 6.07 Å². The molecule has 0 saturated heterocycles. The van der Waals surface area contributed by atoms with E-state index in [0.29, 0.717) is 17.6 Å². The first-order valence-corrected chi connectivity index (χ1v) is 7.09. The number of hydrogen-bond acceptors (Lipinski definition) is 4. The highest BCUT2D eigenvalue weighted by Gasteiger charge is 2.24. The molecule has 5 nitrogen and oxygen atoms in total. The number of aryl methyl sites for hydroxylation is 2. The van der Waals surface area contributed by atoms with Crippen molar-refractivity contribution in [1.29, 1.82) is 0 Å². The van der Waals surface area contributed by atoms with E-state index in [4.69, 9.17) is 0 Å². The number of nitrogens with one attached hydrogen (secondary N) is 2. The molecule has 1 fully saturated rings. The van der Waals surface area contributed by atoms with E-state index in [1.807, 2.05) is 6.07 Å². The molecule has 0 spiro atoms. The lowest BCUT2D eigenvalue weighted by atomic mass is 10.1. The number of nitrogens with zero attached hydrogens (tertiary/aromatic N) is 2.